The molecule has 0 aliphatic rings. The zero-order chi connectivity index (χ0) is 21.7. The smallest absolute Gasteiger partial charge is 0.356 e. The third-order valence-electron chi connectivity index (χ3n) is 4.26. The molecule has 0 radical (unpaired) electrons. The average Bonchev–Trinajstić information content (AvgIpc) is 3.07. The van der Waals surface area contributed by atoms with E-state index in [-0.39, 0.29) is 36.0 Å². The molecule has 0 fully saturated rings. The van der Waals surface area contributed by atoms with E-state index in [2.05, 4.69) is 15.9 Å². The maximum Gasteiger partial charge on any atom is 0.356 e. The molecule has 30 heavy (non-hydrogen) atoms. The molecule has 0 bridgehead atoms. The summed E-state index contributed by atoms with van der Waals surface area (Å²) >= 11 is 4.48. The molecule has 0 saturated carbocycles. The third kappa shape index (κ3) is 4.60. The summed E-state index contributed by atoms with van der Waals surface area (Å²) in [6.07, 6.45) is 1.69. The number of benzene rings is 1. The molecule has 0 spiro atoms. The number of hydrogen-bond donors (Lipinski definition) is 0. The standard InChI is InChI=1S/C22H20BrNO5S/c1-3-28-21(26)18-16-7-5-6-12-24(16)19(22(27)29-4-2)20(18)30-13-17(25)14-8-10-15(23)11-9-14/h5-12H,3-4,13H2,1-2H3. The second-order valence-corrected chi connectivity index (χ2v) is 8.07. The maximum absolute atomic E-state index is 12.7. The molecule has 3 aromatic rings. The number of rotatable bonds is 8. The van der Waals surface area contributed by atoms with Crippen molar-refractivity contribution in [1.29, 1.82) is 0 Å². The monoisotopic (exact) mass is 489 g/mol. The lowest BCUT2D eigenvalue weighted by Gasteiger charge is -2.07. The minimum absolute atomic E-state index is 0.0529. The van der Waals surface area contributed by atoms with Gasteiger partial charge in [0.25, 0.3) is 0 Å². The molecule has 0 amide bonds. The first-order valence-electron chi connectivity index (χ1n) is 9.36. The number of halogens is 1. The molecule has 1 aromatic carbocycles. The van der Waals surface area contributed by atoms with Crippen molar-refractivity contribution in [3.63, 3.8) is 0 Å². The van der Waals surface area contributed by atoms with Crippen molar-refractivity contribution < 1.29 is 23.9 Å². The van der Waals surface area contributed by atoms with Crippen LogP contribution in [-0.4, -0.2) is 41.1 Å². The lowest BCUT2D eigenvalue weighted by atomic mass is 10.2. The average molecular weight is 490 g/mol. The van der Waals surface area contributed by atoms with E-state index in [1.165, 1.54) is 0 Å². The number of carbonyl (C=O) groups is 3. The zero-order valence-electron chi connectivity index (χ0n) is 16.5. The van der Waals surface area contributed by atoms with Crippen molar-refractivity contribution in [2.24, 2.45) is 0 Å². The Morgan fingerprint density at radius 2 is 1.63 bits per heavy atom. The van der Waals surface area contributed by atoms with Crippen LogP contribution < -0.4 is 0 Å². The molecule has 8 heteroatoms. The van der Waals surface area contributed by atoms with Crippen LogP contribution in [0.5, 0.6) is 0 Å². The Balaban J connectivity index is 2.05. The summed E-state index contributed by atoms with van der Waals surface area (Å²) < 4.78 is 12.9. The van der Waals surface area contributed by atoms with Gasteiger partial charge in [0.05, 0.1) is 34.9 Å². The fourth-order valence-electron chi connectivity index (χ4n) is 2.97. The molecule has 6 nitrogen and oxygen atoms in total. The summed E-state index contributed by atoms with van der Waals surface area (Å²) in [6.45, 7) is 3.81. The fourth-order valence-corrected chi connectivity index (χ4v) is 4.33. The number of carbonyl (C=O) groups excluding carboxylic acids is 3. The van der Waals surface area contributed by atoms with Crippen molar-refractivity contribution in [3.8, 4) is 0 Å². The molecule has 0 saturated heterocycles. The predicted molar refractivity (Wildman–Crippen MR) is 119 cm³/mol. The van der Waals surface area contributed by atoms with Crippen molar-refractivity contribution >= 4 is 50.9 Å². The summed E-state index contributed by atoms with van der Waals surface area (Å²) in [5.74, 6) is -1.17. The number of thioether (sulfide) groups is 1. The number of ketones is 1. The number of esters is 2. The molecule has 0 N–H and O–H groups in total. The summed E-state index contributed by atoms with van der Waals surface area (Å²) in [4.78, 5) is 38.5. The topological polar surface area (TPSA) is 74.1 Å². The lowest BCUT2D eigenvalue weighted by Crippen LogP contribution is -2.11. The van der Waals surface area contributed by atoms with E-state index in [4.69, 9.17) is 9.47 Å². The van der Waals surface area contributed by atoms with Crippen LogP contribution >= 0.6 is 27.7 Å². The van der Waals surface area contributed by atoms with Gasteiger partial charge in [0.2, 0.25) is 0 Å². The van der Waals surface area contributed by atoms with E-state index in [0.717, 1.165) is 16.2 Å². The molecule has 2 aromatic heterocycles. The Kier molecular flexibility index (Phi) is 7.33. The molecule has 0 atom stereocenters. The SMILES string of the molecule is CCOC(=O)c1c(SCC(=O)c2ccc(Br)cc2)c(C(=O)OCC)n2ccccc12. The minimum atomic E-state index is -0.562. The van der Waals surface area contributed by atoms with Gasteiger partial charge in [-0.1, -0.05) is 34.1 Å². The summed E-state index contributed by atoms with van der Waals surface area (Å²) in [6, 6.07) is 12.3. The van der Waals surface area contributed by atoms with Crippen molar-refractivity contribution in [2.45, 2.75) is 18.7 Å². The fraction of sp³-hybridized carbons (Fsp3) is 0.227. The van der Waals surface area contributed by atoms with Crippen LogP contribution in [0.25, 0.3) is 5.52 Å². The van der Waals surface area contributed by atoms with E-state index in [9.17, 15) is 14.4 Å². The highest BCUT2D eigenvalue weighted by Gasteiger charge is 2.29. The predicted octanol–water partition coefficient (Wildman–Crippen LogP) is 5.03. The Labute approximate surface area is 186 Å². The minimum Gasteiger partial charge on any atom is -0.462 e. The largest absolute Gasteiger partial charge is 0.462 e. The van der Waals surface area contributed by atoms with Crippen LogP contribution in [-0.2, 0) is 9.47 Å². The maximum atomic E-state index is 12.7. The second-order valence-electron chi connectivity index (χ2n) is 6.17. The highest BCUT2D eigenvalue weighted by atomic mass is 79.9. The van der Waals surface area contributed by atoms with Gasteiger partial charge >= 0.3 is 11.9 Å². The number of nitrogens with zero attached hydrogens (tertiary/aromatic N) is 1. The summed E-state index contributed by atoms with van der Waals surface area (Å²) in [7, 11) is 0. The van der Waals surface area contributed by atoms with Gasteiger partial charge in [0, 0.05) is 16.2 Å². The van der Waals surface area contributed by atoms with Gasteiger partial charge in [-0.25, -0.2) is 9.59 Å². The quantitative estimate of drug-likeness (QED) is 0.251. The van der Waals surface area contributed by atoms with Gasteiger partial charge < -0.3 is 13.9 Å². The van der Waals surface area contributed by atoms with Gasteiger partial charge in [-0.2, -0.15) is 0 Å². The van der Waals surface area contributed by atoms with Crippen LogP contribution in [0.15, 0.2) is 58.0 Å². The number of ether oxygens (including phenoxy) is 2. The molecule has 0 aliphatic heterocycles. The molecule has 156 valence electrons. The van der Waals surface area contributed by atoms with Crippen molar-refractivity contribution in [3.05, 3.63) is 70.0 Å². The Bertz CT molecular complexity index is 1040. The van der Waals surface area contributed by atoms with E-state index in [1.54, 1.807) is 66.9 Å². The van der Waals surface area contributed by atoms with Gasteiger partial charge in [-0.3, -0.25) is 4.79 Å². The molecule has 2 heterocycles. The molecular weight excluding hydrogens is 470 g/mol. The first-order valence-corrected chi connectivity index (χ1v) is 11.1. The van der Waals surface area contributed by atoms with Gasteiger partial charge in [-0.15, -0.1) is 11.8 Å². The molecule has 3 rings (SSSR count). The Morgan fingerprint density at radius 1 is 0.967 bits per heavy atom. The van der Waals surface area contributed by atoms with E-state index >= 15 is 0 Å². The summed E-state index contributed by atoms with van der Waals surface area (Å²) in [5.41, 5.74) is 1.54. The number of Topliss-reactive ketones (excluding diaryl/α,β-unsaturated/α-hetero) is 1. The van der Waals surface area contributed by atoms with Gasteiger partial charge in [-0.05, 0) is 38.1 Å². The lowest BCUT2D eigenvalue weighted by molar-refractivity contribution is 0.0514. The van der Waals surface area contributed by atoms with Crippen molar-refractivity contribution in [1.82, 2.24) is 4.40 Å². The van der Waals surface area contributed by atoms with E-state index in [1.807, 2.05) is 0 Å². The van der Waals surface area contributed by atoms with Crippen LogP contribution in [0.1, 0.15) is 45.1 Å². The van der Waals surface area contributed by atoms with E-state index in [0.29, 0.717) is 16.0 Å². The summed E-state index contributed by atoms with van der Waals surface area (Å²) in [5, 5.41) is 0. The normalized spacial score (nSPS) is 10.8. The van der Waals surface area contributed by atoms with E-state index < -0.39 is 11.9 Å². The third-order valence-corrected chi connectivity index (χ3v) is 5.88. The first-order chi connectivity index (χ1) is 14.5. The highest BCUT2D eigenvalue weighted by molar-refractivity contribution is 9.10. The van der Waals surface area contributed by atoms with Crippen LogP contribution in [0.4, 0.5) is 0 Å². The number of aromatic nitrogens is 1. The molecular formula is C22H20BrNO5S. The molecule has 0 unspecified atom stereocenters. The Morgan fingerprint density at radius 3 is 2.30 bits per heavy atom. The van der Waals surface area contributed by atoms with Crippen LogP contribution in [0.3, 0.4) is 0 Å². The van der Waals surface area contributed by atoms with Crippen molar-refractivity contribution in [2.75, 3.05) is 19.0 Å². The van der Waals surface area contributed by atoms with Gasteiger partial charge in [0.1, 0.15) is 5.69 Å². The van der Waals surface area contributed by atoms with Crippen LogP contribution in [0, 0.1) is 0 Å². The number of fused-ring (bicyclic) bond motifs is 1. The van der Waals surface area contributed by atoms with Gasteiger partial charge in [0.15, 0.2) is 5.78 Å². The zero-order valence-corrected chi connectivity index (χ0v) is 18.9. The second kappa shape index (κ2) is 9.95. The number of pyridine rings is 1. The Hall–Kier alpha value is -2.58. The first kappa shape index (κ1) is 22.1. The van der Waals surface area contributed by atoms with Crippen LogP contribution in [0.2, 0.25) is 0 Å². The number of hydrogen-bond acceptors (Lipinski definition) is 6. The molecule has 0 aliphatic carbocycles. The highest BCUT2D eigenvalue weighted by Crippen LogP contribution is 2.34.